The summed E-state index contributed by atoms with van der Waals surface area (Å²) in [5.41, 5.74) is 4.65. The van der Waals surface area contributed by atoms with Gasteiger partial charge in [0.05, 0.1) is 11.4 Å². The zero-order valence-electron chi connectivity index (χ0n) is 16.0. The van der Waals surface area contributed by atoms with Crippen molar-refractivity contribution in [1.29, 1.82) is 0 Å². The Morgan fingerprint density at radius 3 is 2.71 bits per heavy atom. The summed E-state index contributed by atoms with van der Waals surface area (Å²) >= 11 is 2.35. The van der Waals surface area contributed by atoms with Crippen LogP contribution in [0.5, 0.6) is 11.5 Å². The van der Waals surface area contributed by atoms with Crippen molar-refractivity contribution in [2.24, 2.45) is 0 Å². The number of fused-ring (bicyclic) bond motifs is 1. The van der Waals surface area contributed by atoms with Crippen molar-refractivity contribution in [2.75, 3.05) is 6.79 Å². The van der Waals surface area contributed by atoms with E-state index in [1.165, 1.54) is 17.7 Å². The molecule has 1 aliphatic heterocycles. The van der Waals surface area contributed by atoms with Crippen LogP contribution in [0.1, 0.15) is 31.0 Å². The summed E-state index contributed by atoms with van der Waals surface area (Å²) in [6.07, 6.45) is 2.31. The first-order chi connectivity index (χ1) is 13.8. The van der Waals surface area contributed by atoms with Gasteiger partial charge >= 0.3 is 0 Å². The first kappa shape index (κ1) is 19.3. The second-order valence-corrected chi connectivity index (χ2v) is 7.80. The molecule has 6 heteroatoms. The van der Waals surface area contributed by atoms with E-state index in [2.05, 4.69) is 69.7 Å². The maximum Gasteiger partial charge on any atom is 0.231 e. The first-order valence-corrected chi connectivity index (χ1v) is 10.7. The second-order valence-electron chi connectivity index (χ2n) is 6.84. The van der Waals surface area contributed by atoms with E-state index in [4.69, 9.17) is 14.5 Å². The highest BCUT2D eigenvalue weighted by Crippen LogP contribution is 2.32. The Hall–Kier alpha value is -2.06. The summed E-state index contributed by atoms with van der Waals surface area (Å²) in [6, 6.07) is 16.5. The summed E-state index contributed by atoms with van der Waals surface area (Å²) in [5, 5.41) is 3.59. The van der Waals surface area contributed by atoms with Gasteiger partial charge in [0.2, 0.25) is 6.79 Å². The number of hydrogen-bond donors (Lipinski definition) is 1. The van der Waals surface area contributed by atoms with Crippen LogP contribution in [0.2, 0.25) is 0 Å². The van der Waals surface area contributed by atoms with Gasteiger partial charge in [-0.05, 0) is 46.7 Å². The van der Waals surface area contributed by atoms with Crippen LogP contribution in [0, 0.1) is 3.83 Å². The van der Waals surface area contributed by atoms with Crippen LogP contribution in [0.15, 0.2) is 48.5 Å². The number of benzene rings is 2. The fourth-order valence-corrected chi connectivity index (χ4v) is 4.16. The zero-order chi connectivity index (χ0) is 19.3. The Bertz CT molecular complexity index is 940. The Morgan fingerprint density at radius 2 is 1.89 bits per heavy atom. The number of ether oxygens (including phenoxy) is 2. The third kappa shape index (κ3) is 4.17. The number of halogens is 1. The first-order valence-electron chi connectivity index (χ1n) is 9.66. The highest BCUT2D eigenvalue weighted by atomic mass is 127. The maximum atomic E-state index is 5.48. The van der Waals surface area contributed by atoms with Crippen molar-refractivity contribution >= 4 is 22.6 Å². The molecule has 0 aliphatic carbocycles. The topological polar surface area (TPSA) is 48.3 Å². The standard InChI is InChI=1S/C22H24IN3O2/c1-2-3-11-26-18(21(25-22(26)23)17-7-5-4-6-8-17)14-24-13-16-9-10-19-20(12-16)28-15-27-19/h4-10,12,24H,2-3,11,13-15H2,1H3. The highest BCUT2D eigenvalue weighted by molar-refractivity contribution is 14.1. The van der Waals surface area contributed by atoms with E-state index in [1.54, 1.807) is 0 Å². The second kappa shape index (κ2) is 8.96. The average molecular weight is 489 g/mol. The molecule has 5 nitrogen and oxygen atoms in total. The Labute approximate surface area is 179 Å². The van der Waals surface area contributed by atoms with Crippen molar-refractivity contribution < 1.29 is 9.47 Å². The van der Waals surface area contributed by atoms with Crippen molar-refractivity contribution in [2.45, 2.75) is 39.4 Å². The van der Waals surface area contributed by atoms with E-state index in [9.17, 15) is 0 Å². The lowest BCUT2D eigenvalue weighted by Crippen LogP contribution is -2.17. The van der Waals surface area contributed by atoms with Gasteiger partial charge in [0.25, 0.3) is 0 Å². The van der Waals surface area contributed by atoms with E-state index >= 15 is 0 Å². The molecule has 146 valence electrons. The predicted molar refractivity (Wildman–Crippen MR) is 118 cm³/mol. The van der Waals surface area contributed by atoms with Crippen molar-refractivity contribution in [1.82, 2.24) is 14.9 Å². The number of nitrogens with zero attached hydrogens (tertiary/aromatic N) is 2. The highest BCUT2D eigenvalue weighted by Gasteiger charge is 2.17. The predicted octanol–water partition coefficient (Wildman–Crippen LogP) is 4.97. The molecular formula is C22H24IN3O2. The number of aromatic nitrogens is 2. The lowest BCUT2D eigenvalue weighted by Gasteiger charge is -2.12. The zero-order valence-corrected chi connectivity index (χ0v) is 18.1. The van der Waals surface area contributed by atoms with Crippen LogP contribution >= 0.6 is 22.6 Å². The number of hydrogen-bond acceptors (Lipinski definition) is 4. The Balaban J connectivity index is 1.53. The molecule has 0 atom stereocenters. The quantitative estimate of drug-likeness (QED) is 0.454. The molecule has 28 heavy (non-hydrogen) atoms. The van der Waals surface area contributed by atoms with Crippen molar-refractivity contribution in [3.05, 3.63) is 63.6 Å². The van der Waals surface area contributed by atoms with Gasteiger partial charge in [0.1, 0.15) is 0 Å². The van der Waals surface area contributed by atoms with Crippen molar-refractivity contribution in [3.8, 4) is 22.8 Å². The summed E-state index contributed by atoms with van der Waals surface area (Å²) in [7, 11) is 0. The fourth-order valence-electron chi connectivity index (χ4n) is 3.38. The molecule has 3 aromatic rings. The molecule has 0 unspecified atom stereocenters. The molecule has 0 spiro atoms. The van der Waals surface area contributed by atoms with Gasteiger partial charge in [-0.15, -0.1) is 0 Å². The van der Waals surface area contributed by atoms with Gasteiger partial charge in [0.15, 0.2) is 15.3 Å². The normalized spacial score (nSPS) is 12.5. The van der Waals surface area contributed by atoms with E-state index in [0.29, 0.717) is 6.79 Å². The Morgan fingerprint density at radius 1 is 1.07 bits per heavy atom. The van der Waals surface area contributed by atoms with Crippen LogP contribution < -0.4 is 14.8 Å². The van der Waals surface area contributed by atoms with Crippen LogP contribution in [0.3, 0.4) is 0 Å². The average Bonchev–Trinajstić information content (AvgIpc) is 3.31. The molecule has 0 fully saturated rings. The third-order valence-electron chi connectivity index (χ3n) is 4.87. The smallest absolute Gasteiger partial charge is 0.231 e. The fraction of sp³-hybridized carbons (Fsp3) is 0.318. The molecule has 0 saturated carbocycles. The molecular weight excluding hydrogens is 465 g/mol. The maximum absolute atomic E-state index is 5.48. The molecule has 0 radical (unpaired) electrons. The monoisotopic (exact) mass is 489 g/mol. The molecule has 0 amide bonds. The van der Waals surface area contributed by atoms with E-state index in [0.717, 1.165) is 52.6 Å². The van der Waals surface area contributed by atoms with Crippen LogP contribution in [0.25, 0.3) is 11.3 Å². The molecule has 0 saturated heterocycles. The van der Waals surface area contributed by atoms with Gasteiger partial charge in [-0.25, -0.2) is 4.98 Å². The lowest BCUT2D eigenvalue weighted by atomic mass is 10.1. The van der Waals surface area contributed by atoms with Crippen LogP contribution in [0.4, 0.5) is 0 Å². The van der Waals surface area contributed by atoms with Crippen molar-refractivity contribution in [3.63, 3.8) is 0 Å². The summed E-state index contributed by atoms with van der Waals surface area (Å²) in [5.74, 6) is 1.65. The van der Waals surface area contributed by atoms with E-state index < -0.39 is 0 Å². The third-order valence-corrected chi connectivity index (χ3v) is 5.69. The number of rotatable bonds is 8. The van der Waals surface area contributed by atoms with E-state index in [-0.39, 0.29) is 0 Å². The largest absolute Gasteiger partial charge is 0.454 e. The molecule has 2 aromatic carbocycles. The molecule has 1 N–H and O–H groups in total. The molecule has 0 bridgehead atoms. The molecule has 4 rings (SSSR count). The van der Waals surface area contributed by atoms with Gasteiger partial charge in [-0.1, -0.05) is 49.7 Å². The molecule has 1 aliphatic rings. The van der Waals surface area contributed by atoms with Gasteiger partial charge in [-0.2, -0.15) is 0 Å². The number of nitrogens with one attached hydrogen (secondary N) is 1. The van der Waals surface area contributed by atoms with E-state index in [1.807, 2.05) is 18.2 Å². The Kier molecular flexibility index (Phi) is 6.17. The van der Waals surface area contributed by atoms with Gasteiger partial charge in [0, 0.05) is 25.2 Å². The summed E-state index contributed by atoms with van der Waals surface area (Å²) < 4.78 is 14.3. The minimum Gasteiger partial charge on any atom is -0.454 e. The summed E-state index contributed by atoms with van der Waals surface area (Å²) in [4.78, 5) is 4.88. The summed E-state index contributed by atoms with van der Waals surface area (Å²) in [6.45, 7) is 5.05. The number of unbranched alkanes of at least 4 members (excludes halogenated alkanes) is 1. The molecule has 2 heterocycles. The van der Waals surface area contributed by atoms with Crippen LogP contribution in [-0.2, 0) is 19.6 Å². The SMILES string of the molecule is CCCCn1c(I)nc(-c2ccccc2)c1CNCc1ccc2c(c1)OCO2. The lowest BCUT2D eigenvalue weighted by molar-refractivity contribution is 0.174. The number of imidazole rings is 1. The minimum absolute atomic E-state index is 0.307. The van der Waals surface area contributed by atoms with Gasteiger partial charge < -0.3 is 19.4 Å². The van der Waals surface area contributed by atoms with Gasteiger partial charge in [-0.3, -0.25) is 0 Å². The minimum atomic E-state index is 0.307. The molecule has 1 aromatic heterocycles. The van der Waals surface area contributed by atoms with Crippen LogP contribution in [-0.4, -0.2) is 16.3 Å².